The quantitative estimate of drug-likeness (QED) is 0.521. The Morgan fingerprint density at radius 1 is 1.56 bits per heavy atom. The number of hydrogen-bond acceptors (Lipinski definition) is 4. The molecule has 1 N–H and O–H groups in total. The van der Waals surface area contributed by atoms with E-state index >= 15 is 0 Å². The first-order chi connectivity index (χ1) is 8.65. The molecule has 0 aromatic heterocycles. The third kappa shape index (κ3) is 2.85. The molecular formula is C13H13BrN2O2. The minimum Gasteiger partial charge on any atom is -0.464 e. The summed E-state index contributed by atoms with van der Waals surface area (Å²) in [7, 11) is 1.27. The second kappa shape index (κ2) is 5.44. The van der Waals surface area contributed by atoms with E-state index in [9.17, 15) is 4.79 Å². The van der Waals surface area contributed by atoms with Crippen LogP contribution in [-0.4, -0.2) is 13.1 Å². The second-order valence-electron chi connectivity index (χ2n) is 4.19. The minimum atomic E-state index is -0.608. The number of carbonyl (C=O) groups excluding carboxylic acids is 1. The lowest BCUT2D eigenvalue weighted by Gasteiger charge is -2.04. The molecule has 0 bridgehead atoms. The number of esters is 1. The summed E-state index contributed by atoms with van der Waals surface area (Å²) in [4.78, 5) is 11.3. The number of nitrogens with one attached hydrogen (secondary N) is 1. The fourth-order valence-corrected chi connectivity index (χ4v) is 2.23. The highest BCUT2D eigenvalue weighted by molar-refractivity contribution is 9.10. The molecule has 1 aromatic rings. The number of hydrogen-bond donors (Lipinski definition) is 1. The Bertz CT molecular complexity index is 522. The first-order valence-corrected chi connectivity index (χ1v) is 6.42. The topological polar surface area (TPSA) is 62.5 Å². The summed E-state index contributed by atoms with van der Waals surface area (Å²) in [5, 5.41) is 3.18. The van der Waals surface area contributed by atoms with E-state index in [1.807, 2.05) is 12.1 Å². The third-order valence-electron chi connectivity index (χ3n) is 2.88. The number of benzene rings is 1. The molecule has 1 aliphatic rings. The van der Waals surface area contributed by atoms with E-state index in [-0.39, 0.29) is 5.70 Å². The molecule has 5 heteroatoms. The third-order valence-corrected chi connectivity index (χ3v) is 3.57. The average Bonchev–Trinajstić information content (AvgIpc) is 3.20. The summed E-state index contributed by atoms with van der Waals surface area (Å²) in [6, 6.07) is 6.03. The van der Waals surface area contributed by atoms with Crippen LogP contribution in [0.5, 0.6) is 0 Å². The lowest BCUT2D eigenvalue weighted by Crippen LogP contribution is -2.02. The molecule has 18 heavy (non-hydrogen) atoms. The van der Waals surface area contributed by atoms with Crippen LogP contribution in [0.1, 0.15) is 29.9 Å². The Labute approximate surface area is 114 Å². The van der Waals surface area contributed by atoms with Crippen molar-refractivity contribution in [2.75, 3.05) is 7.11 Å². The first-order valence-electron chi connectivity index (χ1n) is 5.62. The predicted molar refractivity (Wildman–Crippen MR) is 71.3 cm³/mol. The number of ether oxygens (including phenoxy) is 1. The lowest BCUT2D eigenvalue weighted by atomic mass is 10.1. The Hall–Kier alpha value is -1.49. The fraction of sp³-hybridized carbons (Fsp3) is 0.308. The van der Waals surface area contributed by atoms with Crippen molar-refractivity contribution in [3.8, 4) is 0 Å². The number of halogens is 1. The Kier molecular flexibility index (Phi) is 3.91. The smallest absolute Gasteiger partial charge is 0.358 e. The summed E-state index contributed by atoms with van der Waals surface area (Å²) >= 11 is 3.47. The van der Waals surface area contributed by atoms with Crippen LogP contribution in [0.3, 0.4) is 0 Å². The summed E-state index contributed by atoms with van der Waals surface area (Å²) in [6.45, 7) is 0. The zero-order chi connectivity index (χ0) is 13.1. The van der Waals surface area contributed by atoms with E-state index in [2.05, 4.69) is 31.8 Å². The van der Waals surface area contributed by atoms with Crippen LogP contribution in [0.15, 0.2) is 33.5 Å². The van der Waals surface area contributed by atoms with Gasteiger partial charge in [0.2, 0.25) is 0 Å². The predicted octanol–water partition coefficient (Wildman–Crippen LogP) is 3.87. The van der Waals surface area contributed by atoms with E-state index in [0.717, 1.165) is 10.0 Å². The number of rotatable bonds is 4. The highest BCUT2D eigenvalue weighted by Gasteiger charge is 2.23. The molecule has 1 aromatic carbocycles. The van der Waals surface area contributed by atoms with Gasteiger partial charge in [-0.1, -0.05) is 28.1 Å². The van der Waals surface area contributed by atoms with Gasteiger partial charge in [0.05, 0.1) is 7.11 Å². The molecule has 0 saturated heterocycles. The summed E-state index contributed by atoms with van der Waals surface area (Å²) in [5.74, 6) is 0.0726. The van der Waals surface area contributed by atoms with E-state index in [0.29, 0.717) is 5.92 Å². The van der Waals surface area contributed by atoms with Gasteiger partial charge in [-0.05, 0) is 42.0 Å². The molecule has 4 nitrogen and oxygen atoms in total. The summed E-state index contributed by atoms with van der Waals surface area (Å²) in [6.07, 6.45) is 4.04. The van der Waals surface area contributed by atoms with E-state index in [1.165, 1.54) is 25.5 Å². The highest BCUT2D eigenvalue weighted by Crippen LogP contribution is 2.41. The van der Waals surface area contributed by atoms with Gasteiger partial charge in [-0.15, -0.1) is 0 Å². The van der Waals surface area contributed by atoms with E-state index in [1.54, 1.807) is 6.08 Å². The van der Waals surface area contributed by atoms with Gasteiger partial charge in [0.25, 0.3) is 0 Å². The molecule has 0 heterocycles. The Balaban J connectivity index is 2.29. The van der Waals surface area contributed by atoms with E-state index < -0.39 is 5.97 Å². The first kappa shape index (κ1) is 13.0. The van der Waals surface area contributed by atoms with Crippen LogP contribution in [-0.2, 0) is 9.53 Å². The van der Waals surface area contributed by atoms with Crippen LogP contribution in [0.25, 0.3) is 6.08 Å². The molecule has 0 aliphatic heterocycles. The van der Waals surface area contributed by atoms with Crippen LogP contribution >= 0.6 is 15.9 Å². The summed E-state index contributed by atoms with van der Waals surface area (Å²) in [5.41, 5.74) is 9.08. The van der Waals surface area contributed by atoms with Crippen molar-refractivity contribution in [2.24, 2.45) is 5.11 Å². The SMILES string of the molecule is COC(=O)/C(=C/c1ccc(C2CC2)cc1Br)N=N. The van der Waals surface area contributed by atoms with Crippen LogP contribution in [0.4, 0.5) is 0 Å². The highest BCUT2D eigenvalue weighted by atomic mass is 79.9. The van der Waals surface area contributed by atoms with Crippen molar-refractivity contribution >= 4 is 28.0 Å². The van der Waals surface area contributed by atoms with Gasteiger partial charge in [-0.3, -0.25) is 0 Å². The van der Waals surface area contributed by atoms with Crippen molar-refractivity contribution < 1.29 is 9.53 Å². The normalized spacial score (nSPS) is 15.3. The van der Waals surface area contributed by atoms with Crippen LogP contribution < -0.4 is 0 Å². The Morgan fingerprint density at radius 3 is 2.78 bits per heavy atom. The van der Waals surface area contributed by atoms with Crippen molar-refractivity contribution in [1.29, 1.82) is 5.53 Å². The maximum Gasteiger partial charge on any atom is 0.358 e. The fourth-order valence-electron chi connectivity index (χ4n) is 1.72. The molecule has 2 rings (SSSR count). The van der Waals surface area contributed by atoms with Crippen molar-refractivity contribution in [1.82, 2.24) is 0 Å². The van der Waals surface area contributed by atoms with Crippen molar-refractivity contribution in [3.05, 3.63) is 39.5 Å². The van der Waals surface area contributed by atoms with Gasteiger partial charge in [0.1, 0.15) is 0 Å². The molecule has 0 spiro atoms. The summed E-state index contributed by atoms with van der Waals surface area (Å²) < 4.78 is 5.45. The maximum absolute atomic E-state index is 11.3. The zero-order valence-corrected chi connectivity index (χ0v) is 11.5. The maximum atomic E-state index is 11.3. The van der Waals surface area contributed by atoms with Crippen molar-refractivity contribution in [2.45, 2.75) is 18.8 Å². The van der Waals surface area contributed by atoms with Gasteiger partial charge in [-0.2, -0.15) is 5.11 Å². The second-order valence-corrected chi connectivity index (χ2v) is 5.04. The number of carbonyl (C=O) groups is 1. The molecule has 0 amide bonds. The molecule has 0 atom stereocenters. The standard InChI is InChI=1S/C13H13BrN2O2/c1-18-13(17)12(16-15)7-10-5-4-9(6-11(10)14)8-2-3-8/h4-8,15H,2-3H2,1H3/b12-7-,16-15?. The van der Waals surface area contributed by atoms with Crippen LogP contribution in [0.2, 0.25) is 0 Å². The van der Waals surface area contributed by atoms with Crippen LogP contribution in [0, 0.1) is 5.53 Å². The largest absolute Gasteiger partial charge is 0.464 e. The molecule has 0 radical (unpaired) electrons. The Morgan fingerprint density at radius 2 is 2.28 bits per heavy atom. The molecule has 1 aliphatic carbocycles. The monoisotopic (exact) mass is 308 g/mol. The molecule has 94 valence electrons. The average molecular weight is 309 g/mol. The van der Waals surface area contributed by atoms with Crippen molar-refractivity contribution in [3.63, 3.8) is 0 Å². The van der Waals surface area contributed by atoms with Gasteiger partial charge in [0.15, 0.2) is 5.70 Å². The van der Waals surface area contributed by atoms with Gasteiger partial charge < -0.3 is 4.74 Å². The lowest BCUT2D eigenvalue weighted by molar-refractivity contribution is -0.136. The molecular weight excluding hydrogens is 296 g/mol. The molecule has 0 unspecified atom stereocenters. The van der Waals surface area contributed by atoms with Gasteiger partial charge >= 0.3 is 5.97 Å². The van der Waals surface area contributed by atoms with Gasteiger partial charge in [-0.25, -0.2) is 10.3 Å². The van der Waals surface area contributed by atoms with Gasteiger partial charge in [0, 0.05) is 4.47 Å². The number of nitrogens with zero attached hydrogens (tertiary/aromatic N) is 1. The number of methoxy groups -OCH3 is 1. The van der Waals surface area contributed by atoms with E-state index in [4.69, 9.17) is 5.53 Å². The zero-order valence-electron chi connectivity index (χ0n) is 9.94. The molecule has 1 saturated carbocycles. The minimum absolute atomic E-state index is 0.0163. The molecule has 1 fully saturated rings.